The monoisotopic (exact) mass is 479 g/mol. The predicted octanol–water partition coefficient (Wildman–Crippen LogP) is 4.94. The van der Waals surface area contributed by atoms with E-state index in [0.717, 1.165) is 43.2 Å². The molecule has 0 spiro atoms. The van der Waals surface area contributed by atoms with Crippen LogP contribution >= 0.6 is 15.9 Å². The molecule has 3 aromatic rings. The van der Waals surface area contributed by atoms with Crippen molar-refractivity contribution < 1.29 is 9.59 Å². The highest BCUT2D eigenvalue weighted by atomic mass is 79.9. The predicted molar refractivity (Wildman–Crippen MR) is 125 cm³/mol. The Morgan fingerprint density at radius 3 is 2.45 bits per heavy atom. The molecule has 0 aliphatic carbocycles. The smallest absolute Gasteiger partial charge is 0.254 e. The first-order chi connectivity index (χ1) is 15.1. The molecule has 5 rings (SSSR count). The quantitative estimate of drug-likeness (QED) is 0.578. The zero-order valence-electron chi connectivity index (χ0n) is 17.4. The topological polar surface area (TPSA) is 56.4 Å². The van der Waals surface area contributed by atoms with Crippen molar-refractivity contribution in [1.82, 2.24) is 14.8 Å². The Balaban J connectivity index is 1.25. The molecular formula is C25H26BrN3O2. The van der Waals surface area contributed by atoms with Gasteiger partial charge in [-0.15, -0.1) is 0 Å². The number of rotatable bonds is 3. The zero-order valence-corrected chi connectivity index (χ0v) is 19.0. The first-order valence-corrected chi connectivity index (χ1v) is 11.8. The van der Waals surface area contributed by atoms with Crippen molar-refractivity contribution in [1.29, 1.82) is 0 Å². The first kappa shape index (κ1) is 20.3. The Morgan fingerprint density at radius 2 is 1.68 bits per heavy atom. The number of para-hydroxylation sites is 1. The molecule has 0 radical (unpaired) electrons. The van der Waals surface area contributed by atoms with Crippen LogP contribution in [0.4, 0.5) is 0 Å². The van der Waals surface area contributed by atoms with E-state index in [1.165, 1.54) is 16.5 Å². The number of aromatic nitrogens is 1. The zero-order chi connectivity index (χ0) is 21.4. The molecule has 1 aromatic heterocycles. The number of H-pyrrole nitrogens is 1. The third-order valence-corrected chi connectivity index (χ3v) is 7.29. The molecule has 2 fully saturated rings. The van der Waals surface area contributed by atoms with Crippen LogP contribution in [0.3, 0.4) is 0 Å². The van der Waals surface area contributed by atoms with Crippen molar-refractivity contribution in [3.8, 4) is 0 Å². The van der Waals surface area contributed by atoms with Crippen LogP contribution < -0.4 is 0 Å². The molecule has 2 amide bonds. The third-order valence-electron chi connectivity index (χ3n) is 6.76. The maximum absolute atomic E-state index is 13.3. The molecule has 5 nitrogen and oxygen atoms in total. The van der Waals surface area contributed by atoms with Crippen LogP contribution in [-0.4, -0.2) is 52.3 Å². The van der Waals surface area contributed by atoms with Crippen LogP contribution in [0.5, 0.6) is 0 Å². The second-order valence-corrected chi connectivity index (χ2v) is 9.47. The molecule has 2 aromatic carbocycles. The van der Waals surface area contributed by atoms with E-state index in [2.05, 4.69) is 45.3 Å². The van der Waals surface area contributed by atoms with Gasteiger partial charge in [0.2, 0.25) is 5.91 Å². The van der Waals surface area contributed by atoms with E-state index in [1.807, 2.05) is 35.2 Å². The largest absolute Gasteiger partial charge is 0.361 e. The fourth-order valence-electron chi connectivity index (χ4n) is 5.08. The lowest BCUT2D eigenvalue weighted by atomic mass is 9.89. The minimum atomic E-state index is -0.333. The van der Waals surface area contributed by atoms with Gasteiger partial charge in [-0.3, -0.25) is 9.59 Å². The lowest BCUT2D eigenvalue weighted by Crippen LogP contribution is -2.49. The summed E-state index contributed by atoms with van der Waals surface area (Å²) in [5.74, 6) is 0.529. The number of likely N-dealkylation sites (tertiary alicyclic amines) is 2. The van der Waals surface area contributed by atoms with Crippen molar-refractivity contribution in [2.75, 3.05) is 19.6 Å². The van der Waals surface area contributed by atoms with Gasteiger partial charge in [-0.2, -0.15) is 0 Å². The van der Waals surface area contributed by atoms with Gasteiger partial charge in [-0.25, -0.2) is 0 Å². The summed E-state index contributed by atoms with van der Waals surface area (Å²) in [6, 6.07) is 15.4. The molecule has 3 heterocycles. The van der Waals surface area contributed by atoms with Crippen LogP contribution in [0.25, 0.3) is 10.9 Å². The molecule has 0 saturated carbocycles. The number of aromatic amines is 1. The highest BCUT2D eigenvalue weighted by Gasteiger charge is 2.38. The van der Waals surface area contributed by atoms with Crippen LogP contribution in [0.2, 0.25) is 0 Å². The van der Waals surface area contributed by atoms with E-state index in [9.17, 15) is 9.59 Å². The number of benzene rings is 2. The summed E-state index contributed by atoms with van der Waals surface area (Å²) in [5.41, 5.74) is 3.17. The highest BCUT2D eigenvalue weighted by Crippen LogP contribution is 2.34. The maximum atomic E-state index is 13.3. The molecule has 2 aliphatic rings. The third kappa shape index (κ3) is 3.89. The molecule has 31 heavy (non-hydrogen) atoms. The SMILES string of the molecule is O=C(C1CCCN1C(=O)c1ccc(Br)cc1)N1CCC(c2c[nH]c3ccccc23)CC1. The summed E-state index contributed by atoms with van der Waals surface area (Å²) < 4.78 is 0.941. The van der Waals surface area contributed by atoms with Crippen molar-refractivity contribution in [2.45, 2.75) is 37.6 Å². The lowest BCUT2D eigenvalue weighted by Gasteiger charge is -2.35. The Kier molecular flexibility index (Phi) is 5.57. The van der Waals surface area contributed by atoms with E-state index >= 15 is 0 Å². The second-order valence-electron chi connectivity index (χ2n) is 8.55. The Labute approximate surface area is 190 Å². The lowest BCUT2D eigenvalue weighted by molar-refractivity contribution is -0.136. The van der Waals surface area contributed by atoms with Gasteiger partial charge in [-0.05, 0) is 67.5 Å². The summed E-state index contributed by atoms with van der Waals surface area (Å²) in [7, 11) is 0. The van der Waals surface area contributed by atoms with Crippen molar-refractivity contribution in [2.24, 2.45) is 0 Å². The van der Waals surface area contributed by atoms with Crippen LogP contribution in [0.15, 0.2) is 59.2 Å². The van der Waals surface area contributed by atoms with Gasteiger partial charge in [0.15, 0.2) is 0 Å². The average molecular weight is 480 g/mol. The molecule has 2 aliphatic heterocycles. The molecule has 1 atom stereocenters. The average Bonchev–Trinajstić information content (AvgIpc) is 3.46. The molecular weight excluding hydrogens is 454 g/mol. The van der Waals surface area contributed by atoms with E-state index in [4.69, 9.17) is 0 Å². The number of carbonyl (C=O) groups is 2. The first-order valence-electron chi connectivity index (χ1n) is 11.0. The number of halogens is 1. The Morgan fingerprint density at radius 1 is 0.935 bits per heavy atom. The summed E-state index contributed by atoms with van der Waals surface area (Å²) in [6.45, 7) is 2.15. The minimum absolute atomic E-state index is 0.0444. The minimum Gasteiger partial charge on any atom is -0.361 e. The van der Waals surface area contributed by atoms with Crippen LogP contribution in [-0.2, 0) is 4.79 Å². The normalized spacial score (nSPS) is 19.8. The number of hydrogen-bond donors (Lipinski definition) is 1. The Bertz CT molecular complexity index is 1100. The molecule has 6 heteroatoms. The van der Waals surface area contributed by atoms with Gasteiger partial charge < -0.3 is 14.8 Å². The summed E-state index contributed by atoms with van der Waals surface area (Å²) >= 11 is 3.41. The number of nitrogens with one attached hydrogen (secondary N) is 1. The number of carbonyl (C=O) groups excluding carboxylic acids is 2. The highest BCUT2D eigenvalue weighted by molar-refractivity contribution is 9.10. The molecule has 160 valence electrons. The van der Waals surface area contributed by atoms with Crippen molar-refractivity contribution in [3.63, 3.8) is 0 Å². The van der Waals surface area contributed by atoms with Crippen LogP contribution in [0, 0.1) is 0 Å². The molecule has 1 unspecified atom stereocenters. The Hall–Kier alpha value is -2.60. The number of piperidine rings is 1. The second kappa shape index (κ2) is 8.50. The number of fused-ring (bicyclic) bond motifs is 1. The van der Waals surface area contributed by atoms with Crippen molar-refractivity contribution in [3.05, 3.63) is 70.3 Å². The van der Waals surface area contributed by atoms with Gasteiger partial charge in [-0.1, -0.05) is 34.1 Å². The summed E-state index contributed by atoms with van der Waals surface area (Å²) in [5, 5.41) is 1.29. The fourth-order valence-corrected chi connectivity index (χ4v) is 5.34. The number of hydrogen-bond acceptors (Lipinski definition) is 2. The van der Waals surface area contributed by atoms with E-state index < -0.39 is 0 Å². The van der Waals surface area contributed by atoms with E-state index in [0.29, 0.717) is 18.0 Å². The molecule has 1 N–H and O–H groups in total. The van der Waals surface area contributed by atoms with Crippen LogP contribution in [0.1, 0.15) is 47.5 Å². The van der Waals surface area contributed by atoms with Gasteiger partial charge in [0, 0.05) is 46.8 Å². The van der Waals surface area contributed by atoms with Gasteiger partial charge in [0.1, 0.15) is 6.04 Å². The van der Waals surface area contributed by atoms with Crippen molar-refractivity contribution >= 4 is 38.6 Å². The van der Waals surface area contributed by atoms with E-state index in [-0.39, 0.29) is 17.9 Å². The van der Waals surface area contributed by atoms with Gasteiger partial charge in [0.25, 0.3) is 5.91 Å². The van der Waals surface area contributed by atoms with Gasteiger partial charge >= 0.3 is 0 Å². The van der Waals surface area contributed by atoms with Gasteiger partial charge in [0.05, 0.1) is 0 Å². The summed E-state index contributed by atoms with van der Waals surface area (Å²) in [4.78, 5) is 33.5. The summed E-state index contributed by atoms with van der Waals surface area (Å²) in [6.07, 6.45) is 5.68. The standard InChI is InChI=1S/C25H26BrN3O2/c26-19-9-7-18(8-10-19)24(30)29-13-3-6-23(29)25(31)28-14-11-17(12-15-28)21-16-27-22-5-2-1-4-20(21)22/h1-2,4-5,7-10,16-17,23,27H,3,6,11-15H2. The number of amides is 2. The number of nitrogens with zero attached hydrogens (tertiary/aromatic N) is 2. The maximum Gasteiger partial charge on any atom is 0.254 e. The molecule has 2 saturated heterocycles. The fraction of sp³-hybridized carbons (Fsp3) is 0.360. The molecule has 0 bridgehead atoms. The van der Waals surface area contributed by atoms with E-state index in [1.54, 1.807) is 4.90 Å².